The fourth-order valence-electron chi connectivity index (χ4n) is 3.45. The van der Waals surface area contributed by atoms with Crippen LogP contribution < -0.4 is 5.32 Å². The van der Waals surface area contributed by atoms with Gasteiger partial charge in [-0.3, -0.25) is 9.59 Å². The Hall–Kier alpha value is -2.17. The molecule has 2 unspecified atom stereocenters. The van der Waals surface area contributed by atoms with E-state index in [4.69, 9.17) is 0 Å². The lowest BCUT2D eigenvalue weighted by Crippen LogP contribution is -2.46. The molecule has 1 aromatic carbocycles. The molecule has 0 bridgehead atoms. The fraction of sp³-hybridized carbons (Fsp3) is 0.412. The zero-order valence-corrected chi connectivity index (χ0v) is 12.3. The van der Waals surface area contributed by atoms with Crippen molar-refractivity contribution in [3.05, 3.63) is 47.8 Å². The number of carbonyl (C=O) groups excluding carboxylic acids is 2. The Labute approximate surface area is 129 Å². The van der Waals surface area contributed by atoms with Gasteiger partial charge in [-0.2, -0.15) is 0 Å². The predicted octanol–water partition coefficient (Wildman–Crippen LogP) is 2.11. The molecule has 0 radical (unpaired) electrons. The lowest BCUT2D eigenvalue weighted by atomic mass is 10.1. The molecule has 2 amide bonds. The van der Waals surface area contributed by atoms with E-state index in [-0.39, 0.29) is 23.7 Å². The zero-order valence-electron chi connectivity index (χ0n) is 12.3. The predicted molar refractivity (Wildman–Crippen MR) is 80.5 cm³/mol. The number of hydrogen-bond donors (Lipinski definition) is 1. The minimum atomic E-state index is -0.442. The molecular weight excluding hydrogens is 283 g/mol. The highest BCUT2D eigenvalue weighted by atomic mass is 19.1. The summed E-state index contributed by atoms with van der Waals surface area (Å²) in [5.41, 5.74) is 1.55. The first-order valence-corrected chi connectivity index (χ1v) is 7.62. The Morgan fingerprint density at radius 3 is 2.95 bits per heavy atom. The van der Waals surface area contributed by atoms with Gasteiger partial charge in [-0.1, -0.05) is 18.7 Å². The summed E-state index contributed by atoms with van der Waals surface area (Å²) in [6.45, 7) is 4.06. The van der Waals surface area contributed by atoms with Gasteiger partial charge >= 0.3 is 0 Å². The van der Waals surface area contributed by atoms with Crippen molar-refractivity contribution in [3.63, 3.8) is 0 Å². The monoisotopic (exact) mass is 302 g/mol. The zero-order chi connectivity index (χ0) is 15.7. The van der Waals surface area contributed by atoms with Crippen LogP contribution in [0.3, 0.4) is 0 Å². The quantitative estimate of drug-likeness (QED) is 0.869. The van der Waals surface area contributed by atoms with Gasteiger partial charge in [0.15, 0.2) is 0 Å². The SMILES string of the molecule is C=CC(=O)N1CCCC1C(=O)NC1CCc2c(F)cccc21. The van der Waals surface area contributed by atoms with E-state index in [1.54, 1.807) is 11.0 Å². The summed E-state index contributed by atoms with van der Waals surface area (Å²) in [6, 6.07) is 4.37. The largest absolute Gasteiger partial charge is 0.347 e. The molecule has 1 fully saturated rings. The molecule has 22 heavy (non-hydrogen) atoms. The van der Waals surface area contributed by atoms with E-state index in [9.17, 15) is 14.0 Å². The van der Waals surface area contributed by atoms with Gasteiger partial charge in [0.2, 0.25) is 11.8 Å². The Kier molecular flexibility index (Phi) is 3.96. The van der Waals surface area contributed by atoms with Crippen LogP contribution in [0.2, 0.25) is 0 Å². The second kappa shape index (κ2) is 5.91. The first-order valence-electron chi connectivity index (χ1n) is 7.62. The molecule has 0 spiro atoms. The number of rotatable bonds is 3. The third kappa shape index (κ3) is 2.51. The fourth-order valence-corrected chi connectivity index (χ4v) is 3.45. The van der Waals surface area contributed by atoms with Gasteiger partial charge in [0.1, 0.15) is 11.9 Å². The van der Waals surface area contributed by atoms with Gasteiger partial charge in [-0.25, -0.2) is 4.39 Å². The second-order valence-corrected chi connectivity index (χ2v) is 5.80. The van der Waals surface area contributed by atoms with Gasteiger partial charge in [0.25, 0.3) is 0 Å². The highest BCUT2D eigenvalue weighted by molar-refractivity contribution is 5.93. The van der Waals surface area contributed by atoms with E-state index in [0.29, 0.717) is 31.4 Å². The van der Waals surface area contributed by atoms with Crippen molar-refractivity contribution >= 4 is 11.8 Å². The minimum Gasteiger partial charge on any atom is -0.347 e. The lowest BCUT2D eigenvalue weighted by Gasteiger charge is -2.24. The topological polar surface area (TPSA) is 49.4 Å². The van der Waals surface area contributed by atoms with E-state index in [1.165, 1.54) is 12.1 Å². The summed E-state index contributed by atoms with van der Waals surface area (Å²) in [4.78, 5) is 25.8. The first-order chi connectivity index (χ1) is 10.6. The maximum absolute atomic E-state index is 13.7. The first kappa shape index (κ1) is 14.8. The van der Waals surface area contributed by atoms with Crippen LogP contribution in [0.1, 0.15) is 36.4 Å². The van der Waals surface area contributed by atoms with E-state index in [2.05, 4.69) is 11.9 Å². The van der Waals surface area contributed by atoms with Crippen LogP contribution in [-0.4, -0.2) is 29.3 Å². The number of nitrogens with zero attached hydrogens (tertiary/aromatic N) is 1. The van der Waals surface area contributed by atoms with Gasteiger partial charge in [-0.05, 0) is 49.0 Å². The van der Waals surface area contributed by atoms with Crippen molar-refractivity contribution in [2.45, 2.75) is 37.8 Å². The molecule has 1 N–H and O–H groups in total. The van der Waals surface area contributed by atoms with Gasteiger partial charge in [-0.15, -0.1) is 0 Å². The summed E-state index contributed by atoms with van der Waals surface area (Å²) in [5.74, 6) is -0.580. The average molecular weight is 302 g/mol. The summed E-state index contributed by atoms with van der Waals surface area (Å²) in [5, 5.41) is 2.98. The van der Waals surface area contributed by atoms with Gasteiger partial charge in [0.05, 0.1) is 6.04 Å². The Bertz CT molecular complexity index is 629. The number of carbonyl (C=O) groups is 2. The van der Waals surface area contributed by atoms with Crippen molar-refractivity contribution in [2.24, 2.45) is 0 Å². The van der Waals surface area contributed by atoms with Crippen molar-refractivity contribution in [1.82, 2.24) is 10.2 Å². The molecule has 1 heterocycles. The van der Waals surface area contributed by atoms with Crippen LogP contribution in [0.15, 0.2) is 30.9 Å². The molecule has 116 valence electrons. The molecule has 1 saturated heterocycles. The number of nitrogens with one attached hydrogen (secondary N) is 1. The standard InChI is InChI=1S/C17H19FN2O2/c1-2-16(21)20-10-4-7-15(20)17(22)19-14-9-8-11-12(14)5-3-6-13(11)18/h2-3,5-6,14-15H,1,4,7-10H2,(H,19,22). The smallest absolute Gasteiger partial charge is 0.246 e. The van der Waals surface area contributed by atoms with Crippen LogP contribution in [0.5, 0.6) is 0 Å². The van der Waals surface area contributed by atoms with Crippen LogP contribution in [0, 0.1) is 5.82 Å². The minimum absolute atomic E-state index is 0.158. The summed E-state index contributed by atoms with van der Waals surface area (Å²) in [6.07, 6.45) is 4.05. The third-order valence-electron chi connectivity index (χ3n) is 4.54. The van der Waals surface area contributed by atoms with Crippen LogP contribution in [0.25, 0.3) is 0 Å². The van der Waals surface area contributed by atoms with Crippen LogP contribution >= 0.6 is 0 Å². The average Bonchev–Trinajstić information content (AvgIpc) is 3.14. The molecule has 4 nitrogen and oxygen atoms in total. The van der Waals surface area contributed by atoms with E-state index >= 15 is 0 Å². The number of amides is 2. The Morgan fingerprint density at radius 2 is 2.18 bits per heavy atom. The number of halogens is 1. The molecule has 0 aromatic heterocycles. The molecular formula is C17H19FN2O2. The number of fused-ring (bicyclic) bond motifs is 1. The van der Waals surface area contributed by atoms with Gasteiger partial charge in [0, 0.05) is 6.54 Å². The normalized spacial score (nSPS) is 23.2. The third-order valence-corrected chi connectivity index (χ3v) is 4.54. The highest BCUT2D eigenvalue weighted by Crippen LogP contribution is 2.33. The second-order valence-electron chi connectivity index (χ2n) is 5.80. The van der Waals surface area contributed by atoms with Crippen molar-refractivity contribution in [1.29, 1.82) is 0 Å². The molecule has 1 aliphatic carbocycles. The molecule has 5 heteroatoms. The number of likely N-dealkylation sites (tertiary alicyclic amines) is 1. The molecule has 2 atom stereocenters. The summed E-state index contributed by atoms with van der Waals surface area (Å²) >= 11 is 0. The highest BCUT2D eigenvalue weighted by Gasteiger charge is 2.35. The van der Waals surface area contributed by atoms with Crippen molar-refractivity contribution < 1.29 is 14.0 Å². The maximum atomic E-state index is 13.7. The van der Waals surface area contributed by atoms with Crippen molar-refractivity contribution in [3.8, 4) is 0 Å². The molecule has 2 aliphatic rings. The summed E-state index contributed by atoms with van der Waals surface area (Å²) < 4.78 is 13.7. The van der Waals surface area contributed by atoms with E-state index in [1.807, 2.05) is 6.07 Å². The number of hydrogen-bond acceptors (Lipinski definition) is 2. The molecule has 3 rings (SSSR count). The molecule has 1 aliphatic heterocycles. The Morgan fingerprint density at radius 1 is 1.36 bits per heavy atom. The molecule has 1 aromatic rings. The molecule has 0 saturated carbocycles. The van der Waals surface area contributed by atoms with Crippen LogP contribution in [0.4, 0.5) is 4.39 Å². The Balaban J connectivity index is 1.72. The maximum Gasteiger partial charge on any atom is 0.246 e. The van der Waals surface area contributed by atoms with E-state index in [0.717, 1.165) is 12.0 Å². The van der Waals surface area contributed by atoms with Gasteiger partial charge < -0.3 is 10.2 Å². The van der Waals surface area contributed by atoms with Crippen LogP contribution in [-0.2, 0) is 16.0 Å². The van der Waals surface area contributed by atoms with Crippen molar-refractivity contribution in [2.75, 3.05) is 6.54 Å². The van der Waals surface area contributed by atoms with E-state index < -0.39 is 6.04 Å². The lowest BCUT2D eigenvalue weighted by molar-refractivity contribution is -0.135. The summed E-state index contributed by atoms with van der Waals surface area (Å²) in [7, 11) is 0. The number of benzene rings is 1.